The standard InChI is InChI=1S/C15H21N3O4/c1-2-22-14(20)10-17-15(21)12(18-13(19)9-16)8-11-6-4-3-5-7-11/h3-7,12H,2,8-10,16H2,1H3,(H,17,21)(H,18,19)/t12-/m0/s1. The summed E-state index contributed by atoms with van der Waals surface area (Å²) in [7, 11) is 0. The van der Waals surface area contributed by atoms with Crippen LogP contribution in [0.3, 0.4) is 0 Å². The Morgan fingerprint density at radius 2 is 1.91 bits per heavy atom. The molecule has 0 unspecified atom stereocenters. The predicted octanol–water partition coefficient (Wildman–Crippen LogP) is -0.648. The van der Waals surface area contributed by atoms with Gasteiger partial charge in [0.15, 0.2) is 0 Å². The molecule has 0 fully saturated rings. The van der Waals surface area contributed by atoms with Gasteiger partial charge in [0.05, 0.1) is 13.2 Å². The van der Waals surface area contributed by atoms with Gasteiger partial charge in [-0.05, 0) is 12.5 Å². The van der Waals surface area contributed by atoms with E-state index in [-0.39, 0.29) is 19.7 Å². The van der Waals surface area contributed by atoms with Gasteiger partial charge >= 0.3 is 5.97 Å². The third kappa shape index (κ3) is 6.36. The number of carbonyl (C=O) groups excluding carboxylic acids is 3. The van der Waals surface area contributed by atoms with Crippen LogP contribution in [-0.4, -0.2) is 43.5 Å². The zero-order valence-electron chi connectivity index (χ0n) is 12.5. The Labute approximate surface area is 129 Å². The van der Waals surface area contributed by atoms with Crippen LogP contribution in [0, 0.1) is 0 Å². The summed E-state index contributed by atoms with van der Waals surface area (Å²) in [5, 5.41) is 4.99. The zero-order valence-corrected chi connectivity index (χ0v) is 12.5. The fourth-order valence-corrected chi connectivity index (χ4v) is 1.81. The number of amides is 2. The van der Waals surface area contributed by atoms with Crippen LogP contribution in [0.15, 0.2) is 30.3 Å². The molecule has 7 heteroatoms. The van der Waals surface area contributed by atoms with Gasteiger partial charge in [-0.1, -0.05) is 30.3 Å². The monoisotopic (exact) mass is 307 g/mol. The van der Waals surface area contributed by atoms with Crippen molar-refractivity contribution in [3.8, 4) is 0 Å². The number of esters is 1. The lowest BCUT2D eigenvalue weighted by molar-refractivity contribution is -0.143. The molecule has 22 heavy (non-hydrogen) atoms. The van der Waals surface area contributed by atoms with Crippen molar-refractivity contribution in [2.75, 3.05) is 19.7 Å². The third-order valence-electron chi connectivity index (χ3n) is 2.83. The van der Waals surface area contributed by atoms with Crippen LogP contribution in [0.5, 0.6) is 0 Å². The average Bonchev–Trinajstić information content (AvgIpc) is 2.53. The van der Waals surface area contributed by atoms with Crippen LogP contribution < -0.4 is 16.4 Å². The SMILES string of the molecule is CCOC(=O)CNC(=O)[C@H](Cc1ccccc1)NC(=O)CN. The van der Waals surface area contributed by atoms with Crippen LogP contribution in [0.1, 0.15) is 12.5 Å². The normalized spacial score (nSPS) is 11.4. The second-order valence-electron chi connectivity index (χ2n) is 4.54. The van der Waals surface area contributed by atoms with Crippen molar-refractivity contribution in [1.29, 1.82) is 0 Å². The van der Waals surface area contributed by atoms with E-state index in [1.54, 1.807) is 6.92 Å². The van der Waals surface area contributed by atoms with E-state index < -0.39 is 23.8 Å². The fraction of sp³-hybridized carbons (Fsp3) is 0.400. The quantitative estimate of drug-likeness (QED) is 0.553. The summed E-state index contributed by atoms with van der Waals surface area (Å²) in [4.78, 5) is 34.8. The van der Waals surface area contributed by atoms with Gasteiger partial charge in [0.25, 0.3) is 0 Å². The van der Waals surface area contributed by atoms with Crippen molar-refractivity contribution < 1.29 is 19.1 Å². The van der Waals surface area contributed by atoms with Crippen molar-refractivity contribution in [3.63, 3.8) is 0 Å². The van der Waals surface area contributed by atoms with E-state index in [2.05, 4.69) is 10.6 Å². The lowest BCUT2D eigenvalue weighted by Gasteiger charge is -2.18. The first-order chi connectivity index (χ1) is 10.6. The van der Waals surface area contributed by atoms with E-state index in [4.69, 9.17) is 10.5 Å². The highest BCUT2D eigenvalue weighted by Gasteiger charge is 2.21. The van der Waals surface area contributed by atoms with E-state index in [0.717, 1.165) is 5.56 Å². The smallest absolute Gasteiger partial charge is 0.325 e. The Morgan fingerprint density at radius 3 is 2.50 bits per heavy atom. The number of nitrogens with one attached hydrogen (secondary N) is 2. The molecule has 1 rings (SSSR count). The Bertz CT molecular complexity index is 505. The highest BCUT2D eigenvalue weighted by Crippen LogP contribution is 2.03. The van der Waals surface area contributed by atoms with Gasteiger partial charge in [-0.15, -0.1) is 0 Å². The Kier molecular flexibility index (Phi) is 7.63. The first-order valence-electron chi connectivity index (χ1n) is 7.03. The van der Waals surface area contributed by atoms with Crippen LogP contribution in [0.4, 0.5) is 0 Å². The predicted molar refractivity (Wildman–Crippen MR) is 80.8 cm³/mol. The molecule has 0 aliphatic rings. The number of rotatable bonds is 8. The van der Waals surface area contributed by atoms with Crippen molar-refractivity contribution in [3.05, 3.63) is 35.9 Å². The minimum absolute atomic E-state index is 0.212. The second kappa shape index (κ2) is 9.51. The minimum atomic E-state index is -0.798. The molecule has 0 saturated carbocycles. The topological polar surface area (TPSA) is 111 Å². The number of benzene rings is 1. The molecule has 120 valence electrons. The Hall–Kier alpha value is -2.41. The number of carbonyl (C=O) groups is 3. The molecular formula is C15H21N3O4. The van der Waals surface area contributed by atoms with Crippen LogP contribution >= 0.6 is 0 Å². The van der Waals surface area contributed by atoms with Crippen LogP contribution in [0.2, 0.25) is 0 Å². The second-order valence-corrected chi connectivity index (χ2v) is 4.54. The van der Waals surface area contributed by atoms with Gasteiger partial charge in [-0.25, -0.2) is 0 Å². The van der Waals surface area contributed by atoms with Gasteiger partial charge in [0, 0.05) is 6.42 Å². The molecule has 1 atom stereocenters. The van der Waals surface area contributed by atoms with E-state index in [9.17, 15) is 14.4 Å². The number of nitrogens with two attached hydrogens (primary N) is 1. The van der Waals surface area contributed by atoms with Gasteiger partial charge < -0.3 is 21.1 Å². The van der Waals surface area contributed by atoms with E-state index in [1.165, 1.54) is 0 Å². The first kappa shape index (κ1) is 17.6. The van der Waals surface area contributed by atoms with E-state index >= 15 is 0 Å². The summed E-state index contributed by atoms with van der Waals surface area (Å²) >= 11 is 0. The number of hydrogen-bond donors (Lipinski definition) is 3. The molecule has 1 aromatic rings. The van der Waals surface area contributed by atoms with Crippen molar-refractivity contribution in [2.45, 2.75) is 19.4 Å². The summed E-state index contributed by atoms with van der Waals surface area (Å²) in [6.07, 6.45) is 0.307. The van der Waals surface area contributed by atoms with Crippen LogP contribution in [0.25, 0.3) is 0 Å². The maximum Gasteiger partial charge on any atom is 0.325 e. The fourth-order valence-electron chi connectivity index (χ4n) is 1.81. The lowest BCUT2D eigenvalue weighted by atomic mass is 10.1. The Balaban J connectivity index is 2.66. The summed E-state index contributed by atoms with van der Waals surface area (Å²) in [6, 6.07) is 8.44. The number of hydrogen-bond acceptors (Lipinski definition) is 5. The molecule has 0 saturated heterocycles. The Morgan fingerprint density at radius 1 is 1.23 bits per heavy atom. The average molecular weight is 307 g/mol. The molecule has 0 aliphatic heterocycles. The molecular weight excluding hydrogens is 286 g/mol. The van der Waals surface area contributed by atoms with Crippen molar-refractivity contribution in [1.82, 2.24) is 10.6 Å². The van der Waals surface area contributed by atoms with Gasteiger partial charge in [-0.2, -0.15) is 0 Å². The molecule has 2 amide bonds. The maximum absolute atomic E-state index is 12.1. The highest BCUT2D eigenvalue weighted by atomic mass is 16.5. The van der Waals surface area contributed by atoms with Gasteiger partial charge in [0.1, 0.15) is 12.6 Å². The van der Waals surface area contributed by atoms with E-state index in [1.807, 2.05) is 30.3 Å². The highest BCUT2D eigenvalue weighted by molar-refractivity contribution is 5.90. The summed E-state index contributed by atoms with van der Waals surface area (Å²) < 4.78 is 4.73. The lowest BCUT2D eigenvalue weighted by Crippen LogP contribution is -2.50. The van der Waals surface area contributed by atoms with Crippen LogP contribution in [-0.2, 0) is 25.5 Å². The number of ether oxygens (including phenoxy) is 1. The molecule has 0 bridgehead atoms. The largest absolute Gasteiger partial charge is 0.465 e. The van der Waals surface area contributed by atoms with Gasteiger partial charge in [-0.3, -0.25) is 14.4 Å². The molecule has 0 heterocycles. The van der Waals surface area contributed by atoms with Crippen molar-refractivity contribution >= 4 is 17.8 Å². The summed E-state index contributed by atoms with van der Waals surface area (Å²) in [5.74, 6) is -1.43. The third-order valence-corrected chi connectivity index (χ3v) is 2.83. The zero-order chi connectivity index (χ0) is 16.4. The van der Waals surface area contributed by atoms with Crippen molar-refractivity contribution in [2.24, 2.45) is 5.73 Å². The molecule has 0 radical (unpaired) electrons. The molecule has 0 spiro atoms. The maximum atomic E-state index is 12.1. The summed E-state index contributed by atoms with van der Waals surface area (Å²) in [5.41, 5.74) is 6.14. The first-order valence-corrected chi connectivity index (χ1v) is 7.03. The molecule has 7 nitrogen and oxygen atoms in total. The molecule has 0 aliphatic carbocycles. The van der Waals surface area contributed by atoms with E-state index in [0.29, 0.717) is 6.42 Å². The van der Waals surface area contributed by atoms with Gasteiger partial charge in [0.2, 0.25) is 11.8 Å². The molecule has 1 aromatic carbocycles. The minimum Gasteiger partial charge on any atom is -0.465 e. The molecule has 0 aromatic heterocycles. The summed E-state index contributed by atoms with van der Waals surface area (Å²) in [6.45, 7) is 1.47. The molecule has 4 N–H and O–H groups in total.